The molecule has 3 aromatic rings. The SMILES string of the molecule is O=[N+]([O-])c1cc(CSc2nc3ccccc3o2)ccc1Cl. The Morgan fingerprint density at radius 1 is 1.29 bits per heavy atom. The summed E-state index contributed by atoms with van der Waals surface area (Å²) in [5, 5.41) is 11.5. The monoisotopic (exact) mass is 320 g/mol. The molecule has 0 bridgehead atoms. The van der Waals surface area contributed by atoms with E-state index in [1.165, 1.54) is 23.9 Å². The number of nitrogens with zero attached hydrogens (tertiary/aromatic N) is 2. The Hall–Kier alpha value is -2.05. The van der Waals surface area contributed by atoms with Crippen LogP contribution in [0.4, 0.5) is 5.69 Å². The first kappa shape index (κ1) is 13.9. The maximum absolute atomic E-state index is 10.8. The zero-order valence-electron chi connectivity index (χ0n) is 10.7. The molecule has 0 aliphatic heterocycles. The summed E-state index contributed by atoms with van der Waals surface area (Å²) in [6.45, 7) is 0. The Morgan fingerprint density at radius 2 is 2.10 bits per heavy atom. The summed E-state index contributed by atoms with van der Waals surface area (Å²) in [7, 11) is 0. The van der Waals surface area contributed by atoms with E-state index in [1.54, 1.807) is 6.07 Å². The van der Waals surface area contributed by atoms with E-state index in [0.717, 1.165) is 16.7 Å². The lowest BCUT2D eigenvalue weighted by atomic mass is 10.2. The summed E-state index contributed by atoms with van der Waals surface area (Å²) in [6, 6.07) is 12.2. The number of benzene rings is 2. The van der Waals surface area contributed by atoms with Crippen LogP contribution in [-0.4, -0.2) is 9.91 Å². The van der Waals surface area contributed by atoms with E-state index in [4.69, 9.17) is 16.0 Å². The van der Waals surface area contributed by atoms with Gasteiger partial charge in [-0.3, -0.25) is 10.1 Å². The highest BCUT2D eigenvalue weighted by Crippen LogP contribution is 2.30. The Bertz CT molecular complexity index is 786. The molecule has 0 N–H and O–H groups in total. The third-order valence-corrected chi connectivity index (χ3v) is 4.06. The summed E-state index contributed by atoms with van der Waals surface area (Å²) in [5.41, 5.74) is 2.22. The third-order valence-electron chi connectivity index (χ3n) is 2.84. The second-order valence-electron chi connectivity index (χ2n) is 4.28. The molecule has 3 rings (SSSR count). The minimum atomic E-state index is -0.490. The zero-order valence-corrected chi connectivity index (χ0v) is 12.2. The lowest BCUT2D eigenvalue weighted by Gasteiger charge is -2.00. The van der Waals surface area contributed by atoms with Gasteiger partial charge in [0.2, 0.25) is 0 Å². The van der Waals surface area contributed by atoms with Gasteiger partial charge >= 0.3 is 0 Å². The standard InChI is InChI=1S/C14H9ClN2O3S/c15-10-6-5-9(7-12(10)17(18)19)8-21-14-16-11-3-1-2-4-13(11)20-14/h1-7H,8H2. The molecular weight excluding hydrogens is 312 g/mol. The number of thioether (sulfide) groups is 1. The van der Waals surface area contributed by atoms with Gasteiger partial charge in [0.1, 0.15) is 10.5 Å². The van der Waals surface area contributed by atoms with Gasteiger partial charge in [-0.1, -0.05) is 41.6 Å². The van der Waals surface area contributed by atoms with Gasteiger partial charge in [0.25, 0.3) is 10.9 Å². The molecule has 0 unspecified atom stereocenters. The molecule has 1 aromatic heterocycles. The average Bonchev–Trinajstić information content (AvgIpc) is 2.89. The van der Waals surface area contributed by atoms with Gasteiger partial charge in [-0.15, -0.1) is 0 Å². The number of para-hydroxylation sites is 2. The van der Waals surface area contributed by atoms with Crippen molar-refractivity contribution in [3.63, 3.8) is 0 Å². The van der Waals surface area contributed by atoms with Crippen molar-refractivity contribution < 1.29 is 9.34 Å². The van der Waals surface area contributed by atoms with Crippen LogP contribution in [0.3, 0.4) is 0 Å². The van der Waals surface area contributed by atoms with E-state index in [1.807, 2.05) is 24.3 Å². The molecule has 0 amide bonds. The smallest absolute Gasteiger partial charge is 0.288 e. The number of hydrogen-bond acceptors (Lipinski definition) is 5. The van der Waals surface area contributed by atoms with E-state index in [2.05, 4.69) is 4.98 Å². The van der Waals surface area contributed by atoms with Crippen LogP contribution in [0.25, 0.3) is 11.1 Å². The van der Waals surface area contributed by atoms with Gasteiger partial charge in [-0.05, 0) is 23.8 Å². The molecule has 21 heavy (non-hydrogen) atoms. The zero-order chi connectivity index (χ0) is 14.8. The van der Waals surface area contributed by atoms with Crippen molar-refractivity contribution >= 4 is 40.1 Å². The van der Waals surface area contributed by atoms with Crippen molar-refractivity contribution in [1.29, 1.82) is 0 Å². The first-order valence-electron chi connectivity index (χ1n) is 6.04. The number of halogens is 1. The van der Waals surface area contributed by atoms with E-state index < -0.39 is 4.92 Å². The first-order valence-corrected chi connectivity index (χ1v) is 7.41. The summed E-state index contributed by atoms with van der Waals surface area (Å²) in [4.78, 5) is 14.7. The number of rotatable bonds is 4. The minimum Gasteiger partial charge on any atom is -0.431 e. The molecule has 0 spiro atoms. The molecule has 0 atom stereocenters. The first-order chi connectivity index (χ1) is 10.1. The van der Waals surface area contributed by atoms with Gasteiger partial charge in [-0.2, -0.15) is 0 Å². The fraction of sp³-hybridized carbons (Fsp3) is 0.0714. The van der Waals surface area contributed by atoms with Gasteiger partial charge in [0, 0.05) is 11.8 Å². The summed E-state index contributed by atoms with van der Waals surface area (Å²) < 4.78 is 5.58. The van der Waals surface area contributed by atoms with Gasteiger partial charge in [-0.25, -0.2) is 4.98 Å². The van der Waals surface area contributed by atoms with Crippen LogP contribution < -0.4 is 0 Å². The van der Waals surface area contributed by atoms with Crippen molar-refractivity contribution in [1.82, 2.24) is 4.98 Å². The minimum absolute atomic E-state index is 0.0904. The molecule has 0 aliphatic carbocycles. The average molecular weight is 321 g/mol. The van der Waals surface area contributed by atoms with Crippen molar-refractivity contribution in [2.45, 2.75) is 11.0 Å². The predicted octanol–water partition coefficient (Wildman–Crippen LogP) is 4.68. The van der Waals surface area contributed by atoms with Gasteiger partial charge < -0.3 is 4.42 Å². The van der Waals surface area contributed by atoms with Gasteiger partial charge in [0.05, 0.1) is 4.92 Å². The Balaban J connectivity index is 1.78. The predicted molar refractivity (Wildman–Crippen MR) is 81.7 cm³/mol. The van der Waals surface area contributed by atoms with Crippen molar-refractivity contribution in [3.8, 4) is 0 Å². The number of nitro benzene ring substituents is 1. The number of nitro groups is 1. The van der Waals surface area contributed by atoms with Crippen LogP contribution in [0.2, 0.25) is 5.02 Å². The van der Waals surface area contributed by atoms with Gasteiger partial charge in [0.15, 0.2) is 5.58 Å². The van der Waals surface area contributed by atoms with Crippen molar-refractivity contribution in [2.24, 2.45) is 0 Å². The van der Waals surface area contributed by atoms with Crippen molar-refractivity contribution in [2.75, 3.05) is 0 Å². The summed E-state index contributed by atoms with van der Waals surface area (Å²) in [6.07, 6.45) is 0. The fourth-order valence-electron chi connectivity index (χ4n) is 1.85. The molecule has 106 valence electrons. The summed E-state index contributed by atoms with van der Waals surface area (Å²) in [5.74, 6) is 0.519. The molecule has 0 saturated heterocycles. The second kappa shape index (κ2) is 5.75. The Kier molecular flexibility index (Phi) is 3.81. The number of fused-ring (bicyclic) bond motifs is 1. The number of aromatic nitrogens is 1. The van der Waals surface area contributed by atoms with E-state index in [-0.39, 0.29) is 10.7 Å². The molecule has 7 heteroatoms. The Labute approximate surface area is 129 Å². The molecule has 1 heterocycles. The quantitative estimate of drug-likeness (QED) is 0.396. The van der Waals surface area contributed by atoms with E-state index in [9.17, 15) is 10.1 Å². The van der Waals surface area contributed by atoms with Crippen LogP contribution in [0.1, 0.15) is 5.56 Å². The molecule has 0 aliphatic rings. The number of oxazole rings is 1. The topological polar surface area (TPSA) is 69.2 Å². The van der Waals surface area contributed by atoms with Crippen LogP contribution in [0, 0.1) is 10.1 Å². The highest BCUT2D eigenvalue weighted by atomic mass is 35.5. The summed E-state index contributed by atoms with van der Waals surface area (Å²) >= 11 is 7.16. The molecule has 0 saturated carbocycles. The molecule has 0 fully saturated rings. The maximum atomic E-state index is 10.8. The van der Waals surface area contributed by atoms with E-state index >= 15 is 0 Å². The van der Waals surface area contributed by atoms with Crippen LogP contribution in [-0.2, 0) is 5.75 Å². The molecule has 5 nitrogen and oxygen atoms in total. The normalized spacial score (nSPS) is 10.9. The highest BCUT2D eigenvalue weighted by molar-refractivity contribution is 7.98. The molecular formula is C14H9ClN2O3S. The van der Waals surface area contributed by atoms with Crippen LogP contribution in [0.5, 0.6) is 0 Å². The molecule has 2 aromatic carbocycles. The van der Waals surface area contributed by atoms with Crippen molar-refractivity contribution in [3.05, 3.63) is 63.2 Å². The molecule has 0 radical (unpaired) electrons. The number of hydrogen-bond donors (Lipinski definition) is 0. The van der Waals surface area contributed by atoms with E-state index in [0.29, 0.717) is 11.0 Å². The largest absolute Gasteiger partial charge is 0.431 e. The fourth-order valence-corrected chi connectivity index (χ4v) is 2.81. The van der Waals surface area contributed by atoms with Crippen LogP contribution in [0.15, 0.2) is 52.1 Å². The Morgan fingerprint density at radius 3 is 2.86 bits per heavy atom. The second-order valence-corrected chi connectivity index (χ2v) is 5.61. The highest BCUT2D eigenvalue weighted by Gasteiger charge is 2.13. The lowest BCUT2D eigenvalue weighted by Crippen LogP contribution is -1.91. The maximum Gasteiger partial charge on any atom is 0.288 e. The third kappa shape index (κ3) is 3.01. The lowest BCUT2D eigenvalue weighted by molar-refractivity contribution is -0.384. The van der Waals surface area contributed by atoms with Crippen LogP contribution >= 0.6 is 23.4 Å².